The minimum Gasteiger partial charge on any atom is -0.456 e. The number of nitrogens with zero attached hydrogens (tertiary/aromatic N) is 1. The van der Waals surface area contributed by atoms with Gasteiger partial charge in [-0.25, -0.2) is 0 Å². The second kappa shape index (κ2) is 14.4. The van der Waals surface area contributed by atoms with Crippen LogP contribution in [0.3, 0.4) is 0 Å². The lowest BCUT2D eigenvalue weighted by atomic mass is 9.70. The number of rotatable bonds is 4. The largest absolute Gasteiger partial charge is 0.456 e. The fourth-order valence-corrected chi connectivity index (χ4v) is 13.0. The van der Waals surface area contributed by atoms with E-state index < -0.39 is 5.41 Å². The summed E-state index contributed by atoms with van der Waals surface area (Å²) in [5, 5.41) is 14.6. The van der Waals surface area contributed by atoms with E-state index >= 15 is 0 Å². The Bertz CT molecular complexity index is 4530. The van der Waals surface area contributed by atoms with Gasteiger partial charge in [0.25, 0.3) is 0 Å². The van der Waals surface area contributed by atoms with Crippen LogP contribution >= 0.6 is 0 Å². The molecule has 0 saturated heterocycles. The first-order valence-electron chi connectivity index (χ1n) is 24.7. The zero-order valence-corrected chi connectivity index (χ0v) is 38.5. The molecule has 0 N–H and O–H groups in total. The second-order valence-corrected chi connectivity index (χ2v) is 19.5. The smallest absolute Gasteiger partial charge is 0.135 e. The Labute approximate surface area is 409 Å². The van der Waals surface area contributed by atoms with Gasteiger partial charge in [0.1, 0.15) is 11.2 Å². The van der Waals surface area contributed by atoms with Crippen molar-refractivity contribution in [1.29, 1.82) is 0 Å². The molecule has 14 aromatic rings. The van der Waals surface area contributed by atoms with Crippen LogP contribution in [0.15, 0.2) is 253 Å². The SMILES string of the molecule is c1ccc2c(c1)-c1ccccc1C21c2ccccc2-c2cc(-c3ccc4oc5ccccc5c4c3)c(N(c3ccc4c(ccc5ccccc54)c3)c3ccc4c5ccccc5c5ccccc5c4c3)cc21. The second-order valence-electron chi connectivity index (χ2n) is 19.5. The van der Waals surface area contributed by atoms with Gasteiger partial charge in [-0.2, -0.15) is 0 Å². The normalized spacial score (nSPS) is 13.2. The van der Waals surface area contributed by atoms with Gasteiger partial charge in [-0.3, -0.25) is 0 Å². The lowest BCUT2D eigenvalue weighted by molar-refractivity contribution is 0.669. The third-order valence-corrected chi connectivity index (χ3v) is 16.0. The lowest BCUT2D eigenvalue weighted by Gasteiger charge is -2.33. The Morgan fingerprint density at radius 2 is 0.761 bits per heavy atom. The van der Waals surface area contributed by atoms with Gasteiger partial charge in [0.2, 0.25) is 0 Å². The van der Waals surface area contributed by atoms with Gasteiger partial charge in [-0.1, -0.05) is 194 Å². The summed E-state index contributed by atoms with van der Waals surface area (Å²) < 4.78 is 6.48. The van der Waals surface area contributed by atoms with Crippen molar-refractivity contribution in [3.05, 3.63) is 271 Å². The molecule has 2 nitrogen and oxygen atoms in total. The third kappa shape index (κ3) is 5.26. The van der Waals surface area contributed by atoms with Gasteiger partial charge >= 0.3 is 0 Å². The maximum atomic E-state index is 6.48. The summed E-state index contributed by atoms with van der Waals surface area (Å²) >= 11 is 0. The third-order valence-electron chi connectivity index (χ3n) is 16.0. The molecule has 0 saturated carbocycles. The van der Waals surface area contributed by atoms with Gasteiger partial charge in [0.15, 0.2) is 0 Å². The number of hydrogen-bond donors (Lipinski definition) is 0. The highest BCUT2D eigenvalue weighted by molar-refractivity contribution is 6.26. The fraction of sp³-hybridized carbons (Fsp3) is 0.0145. The number of fused-ring (bicyclic) bond motifs is 22. The van der Waals surface area contributed by atoms with Crippen molar-refractivity contribution >= 4 is 92.9 Å². The summed E-state index contributed by atoms with van der Waals surface area (Å²) in [6, 6.07) is 92.9. The monoisotopic (exact) mass is 899 g/mol. The molecule has 1 heterocycles. The van der Waals surface area contributed by atoms with E-state index in [1.54, 1.807) is 0 Å². The van der Waals surface area contributed by atoms with Crippen LogP contribution in [0.2, 0.25) is 0 Å². The number of para-hydroxylation sites is 1. The molecule has 13 aromatic carbocycles. The summed E-state index contributed by atoms with van der Waals surface area (Å²) in [5.41, 5.74) is 17.2. The molecule has 328 valence electrons. The molecular weight excluding hydrogens is 859 g/mol. The number of hydrogen-bond acceptors (Lipinski definition) is 2. The van der Waals surface area contributed by atoms with Gasteiger partial charge in [0, 0.05) is 27.7 Å². The Morgan fingerprint density at radius 1 is 0.268 bits per heavy atom. The highest BCUT2D eigenvalue weighted by Gasteiger charge is 2.52. The molecule has 0 amide bonds. The average Bonchev–Trinajstić information content (AvgIpc) is 4.07. The number of benzene rings is 13. The van der Waals surface area contributed by atoms with Crippen LogP contribution in [-0.4, -0.2) is 0 Å². The van der Waals surface area contributed by atoms with Crippen LogP contribution in [0.4, 0.5) is 17.1 Å². The van der Waals surface area contributed by atoms with Gasteiger partial charge < -0.3 is 9.32 Å². The van der Waals surface area contributed by atoms with Crippen LogP contribution in [0.25, 0.3) is 109 Å². The van der Waals surface area contributed by atoms with Crippen molar-refractivity contribution in [2.24, 2.45) is 0 Å². The number of furan rings is 1. The molecule has 71 heavy (non-hydrogen) atoms. The van der Waals surface area contributed by atoms with Gasteiger partial charge in [-0.15, -0.1) is 0 Å². The molecule has 1 spiro atoms. The predicted molar refractivity (Wildman–Crippen MR) is 298 cm³/mol. The van der Waals surface area contributed by atoms with Crippen molar-refractivity contribution in [3.8, 4) is 33.4 Å². The van der Waals surface area contributed by atoms with Crippen LogP contribution in [0.1, 0.15) is 22.3 Å². The Kier molecular flexibility index (Phi) is 7.85. The highest BCUT2D eigenvalue weighted by Crippen LogP contribution is 2.64. The molecule has 0 bridgehead atoms. The first kappa shape index (κ1) is 38.7. The molecule has 2 aliphatic carbocycles. The summed E-state index contributed by atoms with van der Waals surface area (Å²) in [7, 11) is 0. The van der Waals surface area contributed by atoms with Crippen LogP contribution in [0, 0.1) is 0 Å². The number of anilines is 3. The molecule has 0 radical (unpaired) electrons. The topological polar surface area (TPSA) is 16.4 Å². The van der Waals surface area contributed by atoms with E-state index in [9.17, 15) is 0 Å². The van der Waals surface area contributed by atoms with Gasteiger partial charge in [-0.05, 0) is 159 Å². The maximum absolute atomic E-state index is 6.48. The molecule has 0 atom stereocenters. The minimum absolute atomic E-state index is 0.538. The van der Waals surface area contributed by atoms with Crippen molar-refractivity contribution < 1.29 is 4.42 Å². The van der Waals surface area contributed by atoms with E-state index in [2.05, 4.69) is 254 Å². The molecule has 16 rings (SSSR count). The first-order valence-corrected chi connectivity index (χ1v) is 24.7. The summed E-state index contributed by atoms with van der Waals surface area (Å²) in [6.07, 6.45) is 0. The van der Waals surface area contributed by atoms with E-state index in [4.69, 9.17) is 4.42 Å². The molecule has 0 aliphatic heterocycles. The summed E-state index contributed by atoms with van der Waals surface area (Å²) in [4.78, 5) is 2.55. The molecule has 2 aliphatic rings. The standard InChI is InChI=1S/C69H41NO/c1-2-16-47-42(15-1)29-30-43-37-45(32-34-48(43)47)70(46-33-35-53-51-19-4-3-17-49(51)50-18-5-6-20-52(50)59(53)39-46)66-41-65-60(40-58(66)44-31-36-68-61(38-44)57-24-10-14-28-67(57)71-68)56-23-9-13-27-64(56)69(65)62-25-11-7-21-54(62)55-22-8-12-26-63(55)69/h1-41H. The van der Waals surface area contributed by atoms with Crippen LogP contribution < -0.4 is 4.90 Å². The summed E-state index contributed by atoms with van der Waals surface area (Å²) in [5.74, 6) is 0. The predicted octanol–water partition coefficient (Wildman–Crippen LogP) is 18.8. The lowest BCUT2D eigenvalue weighted by Crippen LogP contribution is -2.26. The zero-order valence-electron chi connectivity index (χ0n) is 38.5. The fourth-order valence-electron chi connectivity index (χ4n) is 13.0. The molecule has 2 heteroatoms. The summed E-state index contributed by atoms with van der Waals surface area (Å²) in [6.45, 7) is 0. The Balaban J connectivity index is 1.06. The maximum Gasteiger partial charge on any atom is 0.135 e. The molecular formula is C69H41NO. The quantitative estimate of drug-likeness (QED) is 0.164. The van der Waals surface area contributed by atoms with E-state index in [0.717, 1.165) is 50.1 Å². The van der Waals surface area contributed by atoms with E-state index in [1.165, 1.54) is 98.4 Å². The average molecular weight is 900 g/mol. The van der Waals surface area contributed by atoms with Crippen LogP contribution in [0.5, 0.6) is 0 Å². The van der Waals surface area contributed by atoms with Crippen LogP contribution in [-0.2, 0) is 5.41 Å². The van der Waals surface area contributed by atoms with E-state index in [0.29, 0.717) is 0 Å². The minimum atomic E-state index is -0.538. The van der Waals surface area contributed by atoms with Crippen molar-refractivity contribution in [3.63, 3.8) is 0 Å². The van der Waals surface area contributed by atoms with Crippen molar-refractivity contribution in [2.75, 3.05) is 4.90 Å². The van der Waals surface area contributed by atoms with Crippen molar-refractivity contribution in [2.45, 2.75) is 5.41 Å². The highest BCUT2D eigenvalue weighted by atomic mass is 16.3. The zero-order chi connectivity index (χ0) is 46.4. The molecule has 0 unspecified atom stereocenters. The van der Waals surface area contributed by atoms with E-state index in [1.807, 2.05) is 0 Å². The Morgan fingerprint density at radius 3 is 1.45 bits per heavy atom. The molecule has 0 fully saturated rings. The first-order chi connectivity index (χ1) is 35.2. The van der Waals surface area contributed by atoms with E-state index in [-0.39, 0.29) is 0 Å². The van der Waals surface area contributed by atoms with Crippen molar-refractivity contribution in [1.82, 2.24) is 0 Å². The molecule has 1 aromatic heterocycles. The Hall–Kier alpha value is -9.24. The van der Waals surface area contributed by atoms with Gasteiger partial charge in [0.05, 0.1) is 11.1 Å².